The number of nitrogens with zero attached hydrogens (tertiary/aromatic N) is 3. The van der Waals surface area contributed by atoms with Crippen molar-refractivity contribution >= 4 is 23.4 Å². The third kappa shape index (κ3) is 5.37. The van der Waals surface area contributed by atoms with Gasteiger partial charge >= 0.3 is 0 Å². The van der Waals surface area contributed by atoms with E-state index in [1.54, 1.807) is 12.1 Å². The van der Waals surface area contributed by atoms with E-state index in [0.29, 0.717) is 11.0 Å². The highest BCUT2D eigenvalue weighted by Gasteiger charge is 2.26. The van der Waals surface area contributed by atoms with E-state index in [9.17, 15) is 9.18 Å². The number of hydrogen-bond donors (Lipinski definition) is 2. The zero-order chi connectivity index (χ0) is 24.1. The zero-order valence-electron chi connectivity index (χ0n) is 18.7. The summed E-state index contributed by atoms with van der Waals surface area (Å²) >= 11 is 1.17. The Bertz CT molecular complexity index is 1300. The van der Waals surface area contributed by atoms with Crippen molar-refractivity contribution in [2.75, 3.05) is 11.2 Å². The Balaban J connectivity index is 1.55. The first-order valence-electron chi connectivity index (χ1n) is 10.6. The van der Waals surface area contributed by atoms with Gasteiger partial charge in [-0.3, -0.25) is 4.79 Å². The lowest BCUT2D eigenvalue weighted by molar-refractivity contribution is -0.115. The number of carbonyl (C=O) groups excluding carboxylic acids is 1. The number of nitrogens with one attached hydrogen (secondary N) is 1. The number of amides is 1. The Morgan fingerprint density at radius 3 is 2.59 bits per heavy atom. The van der Waals surface area contributed by atoms with Crippen molar-refractivity contribution < 1.29 is 13.9 Å². The minimum Gasteiger partial charge on any atom is -0.482 e. The van der Waals surface area contributed by atoms with Crippen LogP contribution in [0.3, 0.4) is 0 Å². The molecular formula is C25H24FN5O2S. The van der Waals surface area contributed by atoms with Crippen LogP contribution >= 0.6 is 11.8 Å². The highest BCUT2D eigenvalue weighted by molar-refractivity contribution is 8.00. The van der Waals surface area contributed by atoms with Crippen molar-refractivity contribution in [3.63, 3.8) is 0 Å². The Labute approximate surface area is 201 Å². The maximum atomic E-state index is 13.8. The van der Waals surface area contributed by atoms with Gasteiger partial charge in [0.2, 0.25) is 11.1 Å². The monoisotopic (exact) mass is 477 g/mol. The summed E-state index contributed by atoms with van der Waals surface area (Å²) in [7, 11) is 0. The number of carbonyl (C=O) groups is 1. The minimum absolute atomic E-state index is 0.0737. The maximum Gasteiger partial charge on any atom is 0.242 e. The van der Waals surface area contributed by atoms with Crippen LogP contribution in [0.1, 0.15) is 27.8 Å². The summed E-state index contributed by atoms with van der Waals surface area (Å²) in [5.74, 6) is 5.89. The molecule has 1 atom stereocenters. The lowest BCUT2D eigenvalue weighted by Gasteiger charge is -2.17. The van der Waals surface area contributed by atoms with Gasteiger partial charge in [0.15, 0.2) is 17.4 Å². The molecular weight excluding hydrogens is 453 g/mol. The van der Waals surface area contributed by atoms with Gasteiger partial charge in [0.05, 0.1) is 0 Å². The standard InChI is InChI=1S/C25H24FN5O2S/c1-16-12-13-17(2)20(14-16)28-24(32)23(18-8-4-3-5-9-18)34-25-30-29-22(31(25)27)15-33-21-11-7-6-10-19(21)26/h3-14,23H,15,27H2,1-2H3,(H,28,32). The molecule has 7 nitrogen and oxygen atoms in total. The van der Waals surface area contributed by atoms with Crippen LogP contribution in [-0.4, -0.2) is 20.8 Å². The molecule has 4 aromatic rings. The summed E-state index contributed by atoms with van der Waals surface area (Å²) in [5.41, 5.74) is 3.55. The summed E-state index contributed by atoms with van der Waals surface area (Å²) in [6.45, 7) is 3.84. The summed E-state index contributed by atoms with van der Waals surface area (Å²) < 4.78 is 20.6. The van der Waals surface area contributed by atoms with E-state index >= 15 is 0 Å². The van der Waals surface area contributed by atoms with Gasteiger partial charge in [-0.2, -0.15) is 0 Å². The molecule has 34 heavy (non-hydrogen) atoms. The Kier molecular flexibility index (Phi) is 7.12. The van der Waals surface area contributed by atoms with Gasteiger partial charge in [-0.05, 0) is 48.7 Å². The van der Waals surface area contributed by atoms with E-state index in [0.717, 1.165) is 22.4 Å². The maximum absolute atomic E-state index is 13.8. The summed E-state index contributed by atoms with van der Waals surface area (Å²) in [6.07, 6.45) is 0. The highest BCUT2D eigenvalue weighted by atomic mass is 32.2. The van der Waals surface area contributed by atoms with E-state index in [4.69, 9.17) is 10.6 Å². The number of aryl methyl sites for hydroxylation is 2. The molecule has 0 aliphatic heterocycles. The predicted octanol–water partition coefficient (Wildman–Crippen LogP) is 4.80. The first-order valence-corrected chi connectivity index (χ1v) is 11.5. The summed E-state index contributed by atoms with van der Waals surface area (Å²) in [5, 5.41) is 10.9. The van der Waals surface area contributed by atoms with Crippen LogP contribution in [0.5, 0.6) is 5.75 Å². The fraction of sp³-hybridized carbons (Fsp3) is 0.160. The van der Waals surface area contributed by atoms with Crippen molar-refractivity contribution in [3.8, 4) is 5.75 Å². The van der Waals surface area contributed by atoms with Crippen LogP contribution in [0.2, 0.25) is 0 Å². The van der Waals surface area contributed by atoms with Crippen molar-refractivity contribution in [2.45, 2.75) is 30.9 Å². The second-order valence-electron chi connectivity index (χ2n) is 7.70. The number of para-hydroxylation sites is 1. The van der Waals surface area contributed by atoms with Gasteiger partial charge in [-0.15, -0.1) is 10.2 Å². The number of anilines is 1. The van der Waals surface area contributed by atoms with E-state index in [-0.39, 0.29) is 18.3 Å². The fourth-order valence-electron chi connectivity index (χ4n) is 3.27. The second kappa shape index (κ2) is 10.4. The number of nitrogen functional groups attached to an aromatic ring is 1. The molecule has 1 heterocycles. The number of thioether (sulfide) groups is 1. The van der Waals surface area contributed by atoms with Gasteiger partial charge < -0.3 is 15.9 Å². The molecule has 0 saturated heterocycles. The molecule has 1 unspecified atom stereocenters. The molecule has 3 aromatic carbocycles. The number of halogens is 1. The molecule has 0 spiro atoms. The third-order valence-corrected chi connectivity index (χ3v) is 6.35. The topological polar surface area (TPSA) is 95.1 Å². The van der Waals surface area contributed by atoms with Crippen LogP contribution < -0.4 is 15.9 Å². The molecule has 0 radical (unpaired) electrons. The normalized spacial score (nSPS) is 11.7. The van der Waals surface area contributed by atoms with Crippen LogP contribution in [0.25, 0.3) is 0 Å². The average molecular weight is 478 g/mol. The number of hydrogen-bond acceptors (Lipinski definition) is 6. The summed E-state index contributed by atoms with van der Waals surface area (Å²) in [6, 6.07) is 21.4. The minimum atomic E-state index is -0.632. The quantitative estimate of drug-likeness (QED) is 0.280. The SMILES string of the molecule is Cc1ccc(C)c(NC(=O)C(Sc2nnc(COc3ccccc3F)n2N)c2ccccc2)c1. The van der Waals surface area contributed by atoms with Crippen molar-refractivity contribution in [2.24, 2.45) is 0 Å². The van der Waals surface area contributed by atoms with E-state index in [1.165, 1.54) is 28.6 Å². The number of aromatic nitrogens is 3. The average Bonchev–Trinajstić information content (AvgIpc) is 3.18. The molecule has 0 aliphatic carbocycles. The number of ether oxygens (including phenoxy) is 1. The van der Waals surface area contributed by atoms with Gasteiger partial charge in [0.25, 0.3) is 0 Å². The molecule has 0 saturated carbocycles. The molecule has 3 N–H and O–H groups in total. The first kappa shape index (κ1) is 23.3. The van der Waals surface area contributed by atoms with E-state index in [2.05, 4.69) is 15.5 Å². The first-order chi connectivity index (χ1) is 16.4. The molecule has 0 bridgehead atoms. The number of benzene rings is 3. The smallest absolute Gasteiger partial charge is 0.242 e. The van der Waals surface area contributed by atoms with Crippen molar-refractivity contribution in [1.82, 2.24) is 14.9 Å². The van der Waals surface area contributed by atoms with E-state index in [1.807, 2.05) is 62.4 Å². The zero-order valence-corrected chi connectivity index (χ0v) is 19.6. The number of rotatable bonds is 8. The van der Waals surface area contributed by atoms with Crippen LogP contribution in [0.15, 0.2) is 78.0 Å². The van der Waals surface area contributed by atoms with Crippen LogP contribution in [0, 0.1) is 19.7 Å². The number of nitrogens with two attached hydrogens (primary N) is 1. The molecule has 174 valence electrons. The molecule has 4 rings (SSSR count). The summed E-state index contributed by atoms with van der Waals surface area (Å²) in [4.78, 5) is 13.4. The fourth-order valence-corrected chi connectivity index (χ4v) is 4.24. The lowest BCUT2D eigenvalue weighted by Crippen LogP contribution is -2.21. The molecule has 1 aromatic heterocycles. The third-order valence-electron chi connectivity index (χ3n) is 5.14. The Morgan fingerprint density at radius 2 is 1.82 bits per heavy atom. The van der Waals surface area contributed by atoms with Crippen LogP contribution in [-0.2, 0) is 11.4 Å². The molecule has 9 heteroatoms. The lowest BCUT2D eigenvalue weighted by atomic mass is 10.1. The molecule has 0 aliphatic rings. The predicted molar refractivity (Wildman–Crippen MR) is 130 cm³/mol. The van der Waals surface area contributed by atoms with Gasteiger partial charge in [0.1, 0.15) is 11.9 Å². The van der Waals surface area contributed by atoms with Crippen molar-refractivity contribution in [3.05, 3.63) is 101 Å². The Morgan fingerprint density at radius 1 is 1.09 bits per heavy atom. The van der Waals surface area contributed by atoms with Crippen molar-refractivity contribution in [1.29, 1.82) is 0 Å². The van der Waals surface area contributed by atoms with Gasteiger partial charge in [0, 0.05) is 5.69 Å². The van der Waals surface area contributed by atoms with Crippen LogP contribution in [0.4, 0.5) is 10.1 Å². The Hall–Kier alpha value is -3.85. The van der Waals surface area contributed by atoms with E-state index < -0.39 is 11.1 Å². The molecule has 1 amide bonds. The largest absolute Gasteiger partial charge is 0.482 e. The van der Waals surface area contributed by atoms with Gasteiger partial charge in [-0.25, -0.2) is 9.07 Å². The molecule has 0 fully saturated rings. The highest BCUT2D eigenvalue weighted by Crippen LogP contribution is 2.35. The second-order valence-corrected chi connectivity index (χ2v) is 8.78. The van der Waals surface area contributed by atoms with Gasteiger partial charge in [-0.1, -0.05) is 66.4 Å².